The van der Waals surface area contributed by atoms with Gasteiger partial charge in [0.25, 0.3) is 11.8 Å². The van der Waals surface area contributed by atoms with Crippen LogP contribution >= 0.6 is 22.9 Å². The smallest absolute Gasteiger partial charge is 0.731 e. The fourth-order valence-electron chi connectivity index (χ4n) is 2.26. The minimum Gasteiger partial charge on any atom is -0.731 e. The molecule has 0 unspecified atom stereocenters. The molecular formula is C15H17ClN5NaO9S2. The fourth-order valence-corrected chi connectivity index (χ4v) is 3.79. The van der Waals surface area contributed by atoms with Gasteiger partial charge in [0.05, 0.1) is 0 Å². The minimum atomic E-state index is -5.29. The van der Waals surface area contributed by atoms with Gasteiger partial charge in [0.2, 0.25) is 12.1 Å². The summed E-state index contributed by atoms with van der Waals surface area (Å²) < 4.78 is 38.2. The van der Waals surface area contributed by atoms with Crippen LogP contribution in [-0.4, -0.2) is 75.9 Å². The van der Waals surface area contributed by atoms with Gasteiger partial charge in [-0.2, -0.15) is 0 Å². The fraction of sp³-hybridized carbons (Fsp3) is 0.467. The molecule has 0 aliphatic carbocycles. The third-order valence-corrected chi connectivity index (χ3v) is 5.37. The van der Waals surface area contributed by atoms with Gasteiger partial charge in [0.1, 0.15) is 17.7 Å². The van der Waals surface area contributed by atoms with Crippen molar-refractivity contribution < 1.29 is 71.3 Å². The second-order valence-electron chi connectivity index (χ2n) is 6.36. The Hall–Kier alpha value is -1.82. The molecule has 0 bridgehead atoms. The number of thiazole rings is 1. The van der Waals surface area contributed by atoms with Crippen LogP contribution in [0.3, 0.4) is 0 Å². The number of nitrogens with one attached hydrogen (secondary N) is 2. The Kier molecular flexibility index (Phi) is 10.7. The summed E-state index contributed by atoms with van der Waals surface area (Å²) in [5.74, 6) is -4.22. The van der Waals surface area contributed by atoms with Crippen LogP contribution in [0.15, 0.2) is 10.5 Å². The molecule has 18 heteroatoms. The van der Waals surface area contributed by atoms with E-state index < -0.39 is 58.1 Å². The number of esters is 1. The first-order valence-electron chi connectivity index (χ1n) is 8.67. The second kappa shape index (κ2) is 12.0. The summed E-state index contributed by atoms with van der Waals surface area (Å²) in [6.07, 6.45) is -2.32. The minimum absolute atomic E-state index is 0. The molecular weight excluding hydrogens is 517 g/mol. The van der Waals surface area contributed by atoms with Crippen molar-refractivity contribution in [3.63, 3.8) is 0 Å². The Labute approximate surface area is 219 Å². The van der Waals surface area contributed by atoms with Crippen LogP contribution in [0.25, 0.3) is 0 Å². The van der Waals surface area contributed by atoms with Crippen LogP contribution in [0.5, 0.6) is 0 Å². The van der Waals surface area contributed by atoms with E-state index in [0.717, 1.165) is 18.3 Å². The first-order chi connectivity index (χ1) is 14.8. The van der Waals surface area contributed by atoms with E-state index in [2.05, 4.69) is 25.5 Å². The van der Waals surface area contributed by atoms with Gasteiger partial charge in [-0.25, -0.2) is 17.7 Å². The predicted molar refractivity (Wildman–Crippen MR) is 108 cm³/mol. The number of halogens is 1. The molecule has 1 aliphatic heterocycles. The molecule has 1 aliphatic rings. The van der Waals surface area contributed by atoms with E-state index in [-0.39, 0.29) is 50.6 Å². The molecule has 1 saturated heterocycles. The van der Waals surface area contributed by atoms with Gasteiger partial charge in [0.15, 0.2) is 27.2 Å². The molecule has 2 atom stereocenters. The number of anilines is 1. The van der Waals surface area contributed by atoms with Crippen molar-refractivity contribution >= 4 is 67.8 Å². The van der Waals surface area contributed by atoms with Crippen LogP contribution in [0.4, 0.5) is 5.13 Å². The first-order valence-corrected chi connectivity index (χ1v) is 11.5. The molecule has 3 amide bonds. The number of oxime groups is 1. The normalized spacial score (nSPS) is 18.2. The summed E-state index contributed by atoms with van der Waals surface area (Å²) in [6.45, 7) is 4.16. The molecule has 14 nitrogen and oxygen atoms in total. The Morgan fingerprint density at radius 3 is 2.55 bits per heavy atom. The van der Waals surface area contributed by atoms with E-state index in [9.17, 15) is 32.1 Å². The van der Waals surface area contributed by atoms with Gasteiger partial charge >= 0.3 is 35.5 Å². The van der Waals surface area contributed by atoms with Crippen LogP contribution in [0.1, 0.15) is 26.5 Å². The Balaban J connectivity index is 0.00000544. The molecule has 176 valence electrons. The molecule has 1 aromatic heterocycles. The number of hydrogen-bond acceptors (Lipinski definition) is 12. The largest absolute Gasteiger partial charge is 1.00 e. The maximum Gasteiger partial charge on any atom is 1.00 e. The van der Waals surface area contributed by atoms with Crippen LogP contribution in [0, 0.1) is 0 Å². The standard InChI is InChI=1S/C15H18ClN5O9S2.Na/c1-6(2)30-20-10(8-5-31-15(17-8)18-9(23)4-16)12(24)19-11-13(25)21(32(26,27)28)14(11)29-7(3)22;/h5-6,11,14H,4H2,1-3H3,(H,19,24)(H,17,18,23)(H,26,27,28);/q;+1/p-1/t11-,14+;/m1./s1. The van der Waals surface area contributed by atoms with Crippen LogP contribution in [0.2, 0.25) is 0 Å². The number of rotatable bonds is 9. The van der Waals surface area contributed by atoms with E-state index in [1.807, 2.05) is 0 Å². The van der Waals surface area contributed by atoms with Gasteiger partial charge in [-0.3, -0.25) is 19.2 Å². The van der Waals surface area contributed by atoms with Crippen LogP contribution in [-0.2, 0) is 39.1 Å². The number of carbonyl (C=O) groups excluding carboxylic acids is 4. The summed E-state index contributed by atoms with van der Waals surface area (Å²) >= 11 is 6.36. The number of alkyl halides is 1. The van der Waals surface area contributed by atoms with Gasteiger partial charge in [-0.1, -0.05) is 5.16 Å². The van der Waals surface area contributed by atoms with Crippen molar-refractivity contribution in [2.45, 2.75) is 39.1 Å². The van der Waals surface area contributed by atoms with Crippen molar-refractivity contribution in [1.29, 1.82) is 0 Å². The molecule has 2 N–H and O–H groups in total. The molecule has 0 aromatic carbocycles. The van der Waals surface area contributed by atoms with Gasteiger partial charge in [-0.15, -0.1) is 22.9 Å². The number of β-lactam (4-membered cyclic amide) rings is 1. The van der Waals surface area contributed by atoms with Crippen molar-refractivity contribution in [2.75, 3.05) is 11.2 Å². The van der Waals surface area contributed by atoms with E-state index >= 15 is 0 Å². The van der Waals surface area contributed by atoms with Crippen molar-refractivity contribution in [3.8, 4) is 0 Å². The topological polar surface area (TPSA) is 196 Å². The molecule has 2 heterocycles. The summed E-state index contributed by atoms with van der Waals surface area (Å²) in [5.41, 5.74) is -0.485. The molecule has 2 rings (SSSR count). The number of aromatic nitrogens is 1. The SMILES string of the molecule is CC(=O)O[C@H]1[C@H](NC(=O)C(=NOC(C)C)c2csc(NC(=O)CCl)n2)C(=O)N1S(=O)(=O)[O-].[Na+]. The number of carbonyl (C=O) groups is 4. The third kappa shape index (κ3) is 7.59. The Morgan fingerprint density at radius 2 is 2.03 bits per heavy atom. The average Bonchev–Trinajstić information content (AvgIpc) is 3.12. The van der Waals surface area contributed by atoms with E-state index in [1.54, 1.807) is 13.8 Å². The summed E-state index contributed by atoms with van der Waals surface area (Å²) in [6, 6.07) is -1.67. The van der Waals surface area contributed by atoms with E-state index in [4.69, 9.17) is 16.4 Å². The first kappa shape index (κ1) is 29.2. The van der Waals surface area contributed by atoms with Gasteiger partial charge in [-0.05, 0) is 13.8 Å². The molecule has 0 saturated carbocycles. The summed E-state index contributed by atoms with van der Waals surface area (Å²) in [7, 11) is -5.29. The Morgan fingerprint density at radius 1 is 1.39 bits per heavy atom. The van der Waals surface area contributed by atoms with E-state index in [0.29, 0.717) is 0 Å². The average molecular weight is 534 g/mol. The van der Waals surface area contributed by atoms with Crippen molar-refractivity contribution in [1.82, 2.24) is 14.6 Å². The zero-order valence-corrected chi connectivity index (χ0v) is 22.1. The maximum atomic E-state index is 12.8. The second-order valence-corrected chi connectivity index (χ2v) is 8.73. The van der Waals surface area contributed by atoms with Gasteiger partial charge < -0.3 is 24.8 Å². The quantitative estimate of drug-likeness (QED) is 0.0602. The molecule has 33 heavy (non-hydrogen) atoms. The zero-order valence-electron chi connectivity index (χ0n) is 17.7. The predicted octanol–water partition coefficient (Wildman–Crippen LogP) is -3.87. The van der Waals surface area contributed by atoms with Crippen LogP contribution < -0.4 is 40.2 Å². The number of amides is 3. The number of nitrogens with zero attached hydrogens (tertiary/aromatic N) is 3. The summed E-state index contributed by atoms with van der Waals surface area (Å²) in [4.78, 5) is 56.6. The molecule has 0 spiro atoms. The van der Waals surface area contributed by atoms with Gasteiger partial charge in [0, 0.05) is 12.3 Å². The van der Waals surface area contributed by atoms with E-state index in [1.165, 1.54) is 5.38 Å². The Bertz CT molecular complexity index is 1060. The number of hydrogen-bond donors (Lipinski definition) is 2. The molecule has 1 aromatic rings. The maximum absolute atomic E-state index is 12.8. The third-order valence-electron chi connectivity index (χ3n) is 3.50. The summed E-state index contributed by atoms with van der Waals surface area (Å²) in [5, 5.41) is 9.66. The molecule has 0 radical (unpaired) electrons. The molecule has 1 fully saturated rings. The number of ether oxygens (including phenoxy) is 1. The van der Waals surface area contributed by atoms with Crippen molar-refractivity contribution in [2.24, 2.45) is 5.16 Å². The monoisotopic (exact) mass is 533 g/mol. The van der Waals surface area contributed by atoms with Crippen molar-refractivity contribution in [3.05, 3.63) is 11.1 Å². The zero-order chi connectivity index (χ0) is 24.2.